The molecule has 6 nitrogen and oxygen atoms in total. The van der Waals surface area contributed by atoms with Gasteiger partial charge in [-0.05, 0) is 99.7 Å². The van der Waals surface area contributed by atoms with Crippen LogP contribution in [-0.2, 0) is 16.4 Å². The van der Waals surface area contributed by atoms with Crippen molar-refractivity contribution < 1.29 is 45.2 Å². The molecule has 1 heterocycles. The fourth-order valence-corrected chi connectivity index (χ4v) is 6.93. The molecule has 2 aliphatic carbocycles. The highest BCUT2D eigenvalue weighted by molar-refractivity contribution is 5.99. The van der Waals surface area contributed by atoms with Crippen LogP contribution in [0.15, 0.2) is 45.7 Å². The number of rotatable bonds is 7. The minimum absolute atomic E-state index is 0.00499. The molecule has 4 atom stereocenters. The number of carbonyl (C=O) groups excluding carboxylic acids is 1. The van der Waals surface area contributed by atoms with Gasteiger partial charge < -0.3 is 14.9 Å². The number of aliphatic hydroxyl groups is 1. The van der Waals surface area contributed by atoms with Crippen molar-refractivity contribution in [3.05, 3.63) is 69.5 Å². The van der Waals surface area contributed by atoms with Crippen LogP contribution in [0.5, 0.6) is 0 Å². The lowest BCUT2D eigenvalue weighted by Crippen LogP contribution is -2.66. The number of carbonyl (C=O) groups is 1. The summed E-state index contributed by atoms with van der Waals surface area (Å²) in [5.74, 6) is -10.7. The number of nitrogens with one attached hydrogen (secondary N) is 1. The molecule has 2 saturated carbocycles. The van der Waals surface area contributed by atoms with Crippen molar-refractivity contribution in [2.75, 3.05) is 5.32 Å². The van der Waals surface area contributed by atoms with Gasteiger partial charge in [0.15, 0.2) is 11.3 Å². The Bertz CT molecular complexity index is 1700. The summed E-state index contributed by atoms with van der Waals surface area (Å²) in [6, 6.07) is 5.63. The highest BCUT2D eigenvalue weighted by Gasteiger charge is 2.71. The summed E-state index contributed by atoms with van der Waals surface area (Å²) in [4.78, 5) is 26.2. The zero-order valence-electron chi connectivity index (χ0n) is 25.0. The van der Waals surface area contributed by atoms with Gasteiger partial charge in [-0.2, -0.15) is 13.2 Å². The lowest BCUT2D eigenvalue weighted by molar-refractivity contribution is -0.255. The fourth-order valence-electron chi connectivity index (χ4n) is 6.93. The number of aryl methyl sites for hydroxylation is 1. The third-order valence-corrected chi connectivity index (χ3v) is 9.70. The van der Waals surface area contributed by atoms with Gasteiger partial charge in [-0.3, -0.25) is 4.79 Å². The molecule has 2 aromatic carbocycles. The minimum Gasteiger partial charge on any atom is -0.379 e. The van der Waals surface area contributed by atoms with E-state index in [0.29, 0.717) is 25.1 Å². The average molecular weight is 643 g/mol. The van der Waals surface area contributed by atoms with Crippen LogP contribution in [0.3, 0.4) is 0 Å². The topological polar surface area (TPSA) is 92.4 Å². The van der Waals surface area contributed by atoms with E-state index < -0.39 is 87.9 Å². The first-order chi connectivity index (χ1) is 20.7. The number of amides is 1. The summed E-state index contributed by atoms with van der Waals surface area (Å²) < 4.78 is 109. The second kappa shape index (κ2) is 10.8. The number of aromatic nitrogens is 1. The molecule has 0 spiro atoms. The molecular formula is C32H33F7N2O4. The van der Waals surface area contributed by atoms with E-state index in [1.54, 1.807) is 13.8 Å². The molecule has 1 aromatic heterocycles. The summed E-state index contributed by atoms with van der Waals surface area (Å²) in [6.07, 6.45) is -6.40. The Morgan fingerprint density at radius 2 is 1.76 bits per heavy atom. The second-order valence-electron chi connectivity index (χ2n) is 13.1. The fraction of sp³-hybridized carbons (Fsp3) is 0.531. The summed E-state index contributed by atoms with van der Waals surface area (Å²) in [5, 5.41) is 18.8. The standard InChI is InChI=1S/C32H33F7N2O4/c1-16(2)20-9-10-28(4,34)31(35,36)25(20)30(44,15-29(11-12-29)23-13-18(32(37,38)39)5-8-24(23)33)27(43)40-19-6-7-21-22(14-19)17(3)41-45-26(21)42/h5-8,13-14,16,20,25,44H,9-12,15H2,1-4H3,(H,40,43). The highest BCUT2D eigenvalue weighted by Crippen LogP contribution is 2.61. The number of benzene rings is 2. The van der Waals surface area contributed by atoms with Gasteiger partial charge in [-0.25, -0.2) is 22.4 Å². The largest absolute Gasteiger partial charge is 0.416 e. The number of hydrogen-bond acceptors (Lipinski definition) is 5. The summed E-state index contributed by atoms with van der Waals surface area (Å²) in [7, 11) is 0. The maximum Gasteiger partial charge on any atom is 0.416 e. The molecule has 244 valence electrons. The van der Waals surface area contributed by atoms with E-state index in [1.165, 1.54) is 25.1 Å². The third-order valence-electron chi connectivity index (χ3n) is 9.70. The highest BCUT2D eigenvalue weighted by atomic mass is 19.4. The Kier molecular flexibility index (Phi) is 7.90. The summed E-state index contributed by atoms with van der Waals surface area (Å²) in [6.45, 7) is 5.40. The maximum atomic E-state index is 16.3. The first kappa shape index (κ1) is 32.9. The van der Waals surface area contributed by atoms with Crippen LogP contribution in [0.25, 0.3) is 10.8 Å². The summed E-state index contributed by atoms with van der Waals surface area (Å²) >= 11 is 0. The lowest BCUT2D eigenvalue weighted by atomic mass is 9.58. The molecule has 1 amide bonds. The Morgan fingerprint density at radius 1 is 1.09 bits per heavy atom. The quantitative estimate of drug-likeness (QED) is 0.261. The first-order valence-corrected chi connectivity index (χ1v) is 14.6. The molecule has 3 aromatic rings. The van der Waals surface area contributed by atoms with Gasteiger partial charge in [-0.15, -0.1) is 0 Å². The molecule has 2 aliphatic rings. The van der Waals surface area contributed by atoms with Crippen molar-refractivity contribution in [2.45, 2.75) is 88.6 Å². The van der Waals surface area contributed by atoms with Gasteiger partial charge in [0.2, 0.25) is 0 Å². The Hall–Kier alpha value is -3.48. The van der Waals surface area contributed by atoms with Crippen molar-refractivity contribution in [3.63, 3.8) is 0 Å². The zero-order valence-corrected chi connectivity index (χ0v) is 25.0. The van der Waals surface area contributed by atoms with Gasteiger partial charge in [0.25, 0.3) is 11.8 Å². The van der Waals surface area contributed by atoms with Crippen molar-refractivity contribution in [1.82, 2.24) is 5.16 Å². The minimum atomic E-state index is -4.85. The van der Waals surface area contributed by atoms with Crippen LogP contribution in [0.4, 0.5) is 36.4 Å². The van der Waals surface area contributed by atoms with Crippen LogP contribution in [0.2, 0.25) is 0 Å². The number of nitrogens with zero attached hydrogens (tertiary/aromatic N) is 1. The molecule has 0 radical (unpaired) electrons. The van der Waals surface area contributed by atoms with Gasteiger partial charge in [0, 0.05) is 16.5 Å². The van der Waals surface area contributed by atoms with Crippen molar-refractivity contribution in [3.8, 4) is 0 Å². The van der Waals surface area contributed by atoms with Gasteiger partial charge in [-0.1, -0.05) is 19.0 Å². The van der Waals surface area contributed by atoms with E-state index in [9.17, 15) is 27.9 Å². The second-order valence-corrected chi connectivity index (χ2v) is 13.1. The number of anilines is 1. The maximum absolute atomic E-state index is 16.3. The van der Waals surface area contributed by atoms with E-state index in [-0.39, 0.29) is 41.4 Å². The van der Waals surface area contributed by atoms with E-state index in [4.69, 9.17) is 4.52 Å². The Morgan fingerprint density at radius 3 is 2.36 bits per heavy atom. The molecule has 45 heavy (non-hydrogen) atoms. The SMILES string of the molecule is Cc1noc(=O)c2ccc(NC(=O)C(O)(CC3(c4cc(C(F)(F)F)ccc4F)CC3)C3C(C(C)C)CCC(C)(F)C3(F)F)cc12. The van der Waals surface area contributed by atoms with E-state index in [0.717, 1.165) is 0 Å². The summed E-state index contributed by atoms with van der Waals surface area (Å²) in [5.41, 5.74) is -10.0. The van der Waals surface area contributed by atoms with Gasteiger partial charge in [0.1, 0.15) is 5.82 Å². The normalized spacial score (nSPS) is 25.6. The van der Waals surface area contributed by atoms with Crippen LogP contribution in [-0.4, -0.2) is 33.4 Å². The predicted octanol–water partition coefficient (Wildman–Crippen LogP) is 7.49. The molecule has 13 heteroatoms. The van der Waals surface area contributed by atoms with Crippen molar-refractivity contribution in [2.24, 2.45) is 17.8 Å². The predicted molar refractivity (Wildman–Crippen MR) is 151 cm³/mol. The number of halogens is 7. The first-order valence-electron chi connectivity index (χ1n) is 14.6. The van der Waals surface area contributed by atoms with Crippen LogP contribution < -0.4 is 10.9 Å². The van der Waals surface area contributed by atoms with Crippen molar-refractivity contribution >= 4 is 22.4 Å². The molecule has 4 unspecified atom stereocenters. The number of hydrogen-bond donors (Lipinski definition) is 2. The molecule has 2 fully saturated rings. The zero-order chi connectivity index (χ0) is 33.3. The molecule has 5 rings (SSSR count). The van der Waals surface area contributed by atoms with Gasteiger partial charge in [0.05, 0.1) is 22.6 Å². The number of alkyl halides is 6. The van der Waals surface area contributed by atoms with E-state index in [2.05, 4.69) is 10.5 Å². The van der Waals surface area contributed by atoms with E-state index >= 15 is 17.6 Å². The molecule has 0 saturated heterocycles. The van der Waals surface area contributed by atoms with E-state index in [1.807, 2.05) is 0 Å². The number of fused-ring (bicyclic) bond motifs is 1. The lowest BCUT2D eigenvalue weighted by Gasteiger charge is -2.52. The van der Waals surface area contributed by atoms with Crippen molar-refractivity contribution in [1.29, 1.82) is 0 Å². The molecule has 2 N–H and O–H groups in total. The average Bonchev–Trinajstić information content (AvgIpc) is 3.71. The van der Waals surface area contributed by atoms with Gasteiger partial charge >= 0.3 is 11.8 Å². The monoisotopic (exact) mass is 642 g/mol. The smallest absolute Gasteiger partial charge is 0.379 e. The molecule has 0 aliphatic heterocycles. The molecular weight excluding hydrogens is 609 g/mol. The van der Waals surface area contributed by atoms with Crippen LogP contribution in [0.1, 0.15) is 69.7 Å². The molecule has 0 bridgehead atoms. The van der Waals surface area contributed by atoms with Crippen LogP contribution >= 0.6 is 0 Å². The van der Waals surface area contributed by atoms with Crippen LogP contribution in [0, 0.1) is 30.5 Å². The Balaban J connectivity index is 1.65. The third kappa shape index (κ3) is 5.61. The Labute approximate surface area is 254 Å².